The van der Waals surface area contributed by atoms with E-state index in [1.54, 1.807) is 30.8 Å². The Morgan fingerprint density at radius 2 is 1.85 bits per heavy atom. The Morgan fingerprint density at radius 1 is 1.11 bits per heavy atom. The van der Waals surface area contributed by atoms with Crippen molar-refractivity contribution < 1.29 is 4.39 Å². The van der Waals surface area contributed by atoms with Crippen molar-refractivity contribution in [2.45, 2.75) is 24.9 Å². The molecular weight excluding hydrogens is 367 g/mol. The predicted molar refractivity (Wildman–Crippen MR) is 105 cm³/mol. The zero-order chi connectivity index (χ0) is 19.4. The Morgan fingerprint density at radius 3 is 2.52 bits per heavy atom. The number of thioether (sulfide) groups is 1. The molecule has 27 heavy (non-hydrogen) atoms. The lowest BCUT2D eigenvalue weighted by Crippen LogP contribution is -2.42. The third-order valence-corrected chi connectivity index (χ3v) is 4.77. The minimum atomic E-state index is -0.610. The average molecular weight is 386 g/mol. The number of aromatic nitrogens is 3. The van der Waals surface area contributed by atoms with Crippen LogP contribution >= 0.6 is 11.8 Å². The molecule has 0 saturated carbocycles. The van der Waals surface area contributed by atoms with Crippen molar-refractivity contribution in [2.75, 3.05) is 11.6 Å². The largest absolute Gasteiger partial charge is 0.354 e. The molecule has 140 valence electrons. The van der Waals surface area contributed by atoms with Gasteiger partial charge in [-0.05, 0) is 49.1 Å². The molecule has 1 aromatic heterocycles. The lowest BCUT2D eigenvalue weighted by atomic mass is 10.2. The van der Waals surface area contributed by atoms with Crippen LogP contribution in [-0.2, 0) is 13.1 Å². The maximum Gasteiger partial charge on any atom is 0.354 e. The zero-order valence-corrected chi connectivity index (χ0v) is 15.8. The Bertz CT molecular complexity index is 1060. The van der Waals surface area contributed by atoms with Crippen LogP contribution in [0.25, 0.3) is 0 Å². The summed E-state index contributed by atoms with van der Waals surface area (Å²) in [6.45, 7) is 2.09. The molecule has 0 fully saturated rings. The van der Waals surface area contributed by atoms with Gasteiger partial charge in [0.05, 0.1) is 6.54 Å². The first kappa shape index (κ1) is 18.9. The van der Waals surface area contributed by atoms with E-state index < -0.39 is 11.4 Å². The van der Waals surface area contributed by atoms with Crippen molar-refractivity contribution >= 4 is 23.4 Å². The summed E-state index contributed by atoms with van der Waals surface area (Å²) in [4.78, 5) is 30.1. The molecule has 0 radical (unpaired) electrons. The van der Waals surface area contributed by atoms with E-state index in [1.807, 2.05) is 30.5 Å². The van der Waals surface area contributed by atoms with E-state index in [4.69, 9.17) is 0 Å². The first-order chi connectivity index (χ1) is 13.0. The van der Waals surface area contributed by atoms with Gasteiger partial charge in [0.15, 0.2) is 0 Å². The lowest BCUT2D eigenvalue weighted by molar-refractivity contribution is 0.575. The fourth-order valence-electron chi connectivity index (χ4n) is 2.64. The highest BCUT2D eigenvalue weighted by atomic mass is 32.2. The summed E-state index contributed by atoms with van der Waals surface area (Å²) in [7, 11) is 0. The molecule has 0 unspecified atom stereocenters. The predicted octanol–water partition coefficient (Wildman–Crippen LogP) is 3.08. The molecule has 0 atom stereocenters. The van der Waals surface area contributed by atoms with Crippen molar-refractivity contribution in [2.24, 2.45) is 0 Å². The quantitative estimate of drug-likeness (QED) is 0.660. The summed E-state index contributed by atoms with van der Waals surface area (Å²) in [5.74, 6) is -0.202. The highest BCUT2D eigenvalue weighted by molar-refractivity contribution is 7.98. The molecule has 1 heterocycles. The van der Waals surface area contributed by atoms with Crippen molar-refractivity contribution in [3.05, 3.63) is 80.9 Å². The lowest BCUT2D eigenvalue weighted by Gasteiger charge is -2.15. The van der Waals surface area contributed by atoms with Crippen LogP contribution in [0.2, 0.25) is 0 Å². The molecule has 8 heteroatoms. The molecular formula is C19H19FN4O2S. The highest BCUT2D eigenvalue weighted by Gasteiger charge is 2.13. The Labute approximate surface area is 159 Å². The zero-order valence-electron chi connectivity index (χ0n) is 15.0. The van der Waals surface area contributed by atoms with Crippen LogP contribution in [0.1, 0.15) is 12.5 Å². The van der Waals surface area contributed by atoms with E-state index in [0.29, 0.717) is 0 Å². The van der Waals surface area contributed by atoms with E-state index in [2.05, 4.69) is 10.3 Å². The van der Waals surface area contributed by atoms with E-state index in [-0.39, 0.29) is 24.9 Å². The van der Waals surface area contributed by atoms with Crippen LogP contribution < -0.4 is 16.7 Å². The van der Waals surface area contributed by atoms with Crippen molar-refractivity contribution in [3.63, 3.8) is 0 Å². The first-order valence-electron chi connectivity index (χ1n) is 8.39. The van der Waals surface area contributed by atoms with E-state index in [0.717, 1.165) is 20.7 Å². The van der Waals surface area contributed by atoms with Crippen LogP contribution in [0.5, 0.6) is 0 Å². The summed E-state index contributed by atoms with van der Waals surface area (Å²) < 4.78 is 15.6. The Kier molecular flexibility index (Phi) is 5.75. The number of anilines is 2. The number of hydrogen-bond donors (Lipinski definition) is 1. The molecule has 3 rings (SSSR count). The molecule has 2 aromatic carbocycles. The molecule has 0 aliphatic rings. The number of benzene rings is 2. The fourth-order valence-corrected chi connectivity index (χ4v) is 3.10. The summed E-state index contributed by atoms with van der Waals surface area (Å²) >= 11 is 1.58. The van der Waals surface area contributed by atoms with Gasteiger partial charge in [0.1, 0.15) is 5.82 Å². The highest BCUT2D eigenvalue weighted by Crippen LogP contribution is 2.21. The van der Waals surface area contributed by atoms with Crippen LogP contribution in [0, 0.1) is 5.82 Å². The summed E-state index contributed by atoms with van der Waals surface area (Å²) in [6, 6.07) is 13.4. The van der Waals surface area contributed by atoms with Crippen LogP contribution in [0.4, 0.5) is 16.0 Å². The van der Waals surface area contributed by atoms with Gasteiger partial charge in [-0.2, -0.15) is 4.98 Å². The second-order valence-electron chi connectivity index (χ2n) is 5.81. The fraction of sp³-hybridized carbons (Fsp3) is 0.211. The van der Waals surface area contributed by atoms with Gasteiger partial charge in [-0.3, -0.25) is 4.57 Å². The molecule has 6 nitrogen and oxygen atoms in total. The van der Waals surface area contributed by atoms with Gasteiger partial charge in [-0.25, -0.2) is 18.5 Å². The van der Waals surface area contributed by atoms with Crippen LogP contribution in [-0.4, -0.2) is 20.4 Å². The minimum Gasteiger partial charge on any atom is -0.325 e. The minimum absolute atomic E-state index is 0.150. The summed E-state index contributed by atoms with van der Waals surface area (Å²) in [5, 5.41) is 3.06. The van der Waals surface area contributed by atoms with Crippen molar-refractivity contribution in [1.29, 1.82) is 0 Å². The maximum atomic E-state index is 13.2. The number of rotatable bonds is 6. The van der Waals surface area contributed by atoms with Gasteiger partial charge in [0.25, 0.3) is 0 Å². The van der Waals surface area contributed by atoms with Crippen LogP contribution in [0.15, 0.2) is 63.0 Å². The monoisotopic (exact) mass is 386 g/mol. The normalized spacial score (nSPS) is 10.8. The smallest absolute Gasteiger partial charge is 0.325 e. The molecule has 1 N–H and O–H groups in total. The molecule has 0 saturated heterocycles. The molecule has 3 aromatic rings. The van der Waals surface area contributed by atoms with Gasteiger partial charge in [0.2, 0.25) is 5.95 Å². The van der Waals surface area contributed by atoms with E-state index in [1.165, 1.54) is 16.7 Å². The van der Waals surface area contributed by atoms with Gasteiger partial charge in [0, 0.05) is 17.1 Å². The van der Waals surface area contributed by atoms with Gasteiger partial charge in [-0.1, -0.05) is 18.2 Å². The molecule has 0 aliphatic carbocycles. The molecule has 0 bridgehead atoms. The number of halogens is 1. The van der Waals surface area contributed by atoms with Crippen LogP contribution in [0.3, 0.4) is 0 Å². The van der Waals surface area contributed by atoms with Gasteiger partial charge in [-0.15, -0.1) is 11.8 Å². The van der Waals surface area contributed by atoms with Crippen molar-refractivity contribution in [1.82, 2.24) is 14.1 Å². The standard InChI is InChI=1S/C19H19FN4O2S/c1-3-23-18(25)22-17(21-15-5-4-6-16(11-15)27-2)24(19(23)26)12-13-7-9-14(20)10-8-13/h4-11H,3,12H2,1-2H3,(H,21,22,25). The SMILES string of the molecule is CCn1c(=O)nc(Nc2cccc(SC)c2)n(Cc2ccc(F)cc2)c1=O. The second-order valence-corrected chi connectivity index (χ2v) is 6.69. The number of nitrogens with zero attached hydrogens (tertiary/aromatic N) is 3. The van der Waals surface area contributed by atoms with Crippen molar-refractivity contribution in [3.8, 4) is 0 Å². The second kappa shape index (κ2) is 8.22. The summed E-state index contributed by atoms with van der Waals surface area (Å²) in [6.07, 6.45) is 1.96. The topological polar surface area (TPSA) is 68.9 Å². The summed E-state index contributed by atoms with van der Waals surface area (Å²) in [5.41, 5.74) is 0.365. The Hall–Kier alpha value is -2.87. The van der Waals surface area contributed by atoms with Gasteiger partial charge >= 0.3 is 11.4 Å². The molecule has 0 amide bonds. The molecule has 0 spiro atoms. The van der Waals surface area contributed by atoms with Gasteiger partial charge < -0.3 is 5.32 Å². The molecule has 0 aliphatic heterocycles. The third kappa shape index (κ3) is 4.28. The average Bonchev–Trinajstić information content (AvgIpc) is 2.67. The third-order valence-electron chi connectivity index (χ3n) is 4.05. The Balaban J connectivity index is 2.07. The van der Waals surface area contributed by atoms with E-state index >= 15 is 0 Å². The first-order valence-corrected chi connectivity index (χ1v) is 9.61. The number of nitrogens with one attached hydrogen (secondary N) is 1. The maximum absolute atomic E-state index is 13.2. The van der Waals surface area contributed by atoms with E-state index in [9.17, 15) is 14.0 Å². The number of hydrogen-bond acceptors (Lipinski definition) is 5.